The molecule has 1 atom stereocenters. The first-order valence-corrected chi connectivity index (χ1v) is 10.8. The standard InChI is InChI=1S/C15H11I4NO4.ClH/c16-8-4-7(5-9(17)13(8)21)24-14-10(18)1-6(2-11(14)19)3-12(20)15(22)23;/h1-2,4-5,12,21H,3,20H2,(H,22,23);1H/t12-;/m1./s1. The molecule has 5 nitrogen and oxygen atoms in total. The van der Waals surface area contributed by atoms with Gasteiger partial charge in [0.25, 0.3) is 0 Å². The van der Waals surface area contributed by atoms with E-state index in [1.807, 2.05) is 12.1 Å². The average molecular weight is 813 g/mol. The molecule has 2 aromatic rings. The fourth-order valence-corrected chi connectivity index (χ4v) is 5.72. The third-order valence-electron chi connectivity index (χ3n) is 3.04. The Bertz CT molecular complexity index is 757. The molecule has 0 radical (unpaired) electrons. The Balaban J connectivity index is 0.00000312. The number of hydrogen-bond donors (Lipinski definition) is 3. The van der Waals surface area contributed by atoms with Crippen LogP contribution in [0.4, 0.5) is 0 Å². The molecule has 136 valence electrons. The summed E-state index contributed by atoms with van der Waals surface area (Å²) in [5.41, 5.74) is 6.44. The molecule has 0 unspecified atom stereocenters. The lowest BCUT2D eigenvalue weighted by molar-refractivity contribution is -0.138. The Kier molecular flexibility index (Phi) is 9.76. The molecule has 0 amide bonds. The van der Waals surface area contributed by atoms with Gasteiger partial charge in [0.2, 0.25) is 0 Å². The number of carbonyl (C=O) groups is 1. The van der Waals surface area contributed by atoms with Crippen LogP contribution in [0, 0.1) is 14.3 Å². The van der Waals surface area contributed by atoms with Crippen molar-refractivity contribution in [1.82, 2.24) is 0 Å². The lowest BCUT2D eigenvalue weighted by atomic mass is 10.1. The SMILES string of the molecule is Cl.N[C@H](Cc1cc(I)c(Oc2cc(I)c(O)c(I)c2)c(I)c1)C(=O)O. The molecule has 0 aromatic heterocycles. The number of benzene rings is 2. The minimum atomic E-state index is -1.02. The summed E-state index contributed by atoms with van der Waals surface area (Å²) in [5.74, 6) is 0.549. The van der Waals surface area contributed by atoms with Crippen LogP contribution in [-0.4, -0.2) is 22.2 Å². The third kappa shape index (κ3) is 6.36. The van der Waals surface area contributed by atoms with Gasteiger partial charge < -0.3 is 20.7 Å². The van der Waals surface area contributed by atoms with E-state index in [1.165, 1.54) is 0 Å². The van der Waals surface area contributed by atoms with Gasteiger partial charge in [0.1, 0.15) is 17.5 Å². The number of phenols is 1. The van der Waals surface area contributed by atoms with Crippen molar-refractivity contribution in [3.8, 4) is 17.2 Å². The van der Waals surface area contributed by atoms with Gasteiger partial charge in [-0.05, 0) is 127 Å². The molecule has 0 saturated heterocycles. The monoisotopic (exact) mass is 813 g/mol. The van der Waals surface area contributed by atoms with Crippen molar-refractivity contribution in [1.29, 1.82) is 0 Å². The predicted molar refractivity (Wildman–Crippen MR) is 132 cm³/mol. The largest absolute Gasteiger partial charge is 0.506 e. The van der Waals surface area contributed by atoms with Crippen LogP contribution >= 0.6 is 103 Å². The number of aliphatic carboxylic acids is 1. The topological polar surface area (TPSA) is 92.8 Å². The average Bonchev–Trinajstić information content (AvgIpc) is 2.48. The van der Waals surface area contributed by atoms with Crippen molar-refractivity contribution < 1.29 is 19.7 Å². The second-order valence-corrected chi connectivity index (χ2v) is 9.52. The lowest BCUT2D eigenvalue weighted by Gasteiger charge is -2.14. The zero-order valence-corrected chi connectivity index (χ0v) is 21.7. The predicted octanol–water partition coefficient (Wildman–Crippen LogP) is 4.98. The number of halogens is 5. The fraction of sp³-hybridized carbons (Fsp3) is 0.133. The van der Waals surface area contributed by atoms with E-state index in [0.29, 0.717) is 18.6 Å². The normalized spacial score (nSPS) is 11.6. The van der Waals surface area contributed by atoms with E-state index in [-0.39, 0.29) is 24.6 Å². The van der Waals surface area contributed by atoms with Crippen LogP contribution in [0.2, 0.25) is 0 Å². The second kappa shape index (κ2) is 10.3. The zero-order chi connectivity index (χ0) is 18.0. The molecule has 0 bridgehead atoms. The van der Waals surface area contributed by atoms with E-state index in [9.17, 15) is 9.90 Å². The maximum absolute atomic E-state index is 10.9. The van der Waals surface area contributed by atoms with E-state index >= 15 is 0 Å². The summed E-state index contributed by atoms with van der Waals surface area (Å²) in [7, 11) is 0. The molecule has 2 aromatic carbocycles. The van der Waals surface area contributed by atoms with Crippen molar-refractivity contribution in [2.45, 2.75) is 12.5 Å². The van der Waals surface area contributed by atoms with Gasteiger partial charge in [-0.1, -0.05) is 0 Å². The Morgan fingerprint density at radius 1 is 1.04 bits per heavy atom. The van der Waals surface area contributed by atoms with Gasteiger partial charge >= 0.3 is 5.97 Å². The van der Waals surface area contributed by atoms with Gasteiger partial charge in [-0.3, -0.25) is 4.79 Å². The van der Waals surface area contributed by atoms with Crippen LogP contribution in [0.5, 0.6) is 17.2 Å². The van der Waals surface area contributed by atoms with Crippen molar-refractivity contribution in [2.75, 3.05) is 0 Å². The van der Waals surface area contributed by atoms with Crippen LogP contribution < -0.4 is 10.5 Å². The molecule has 4 N–H and O–H groups in total. The fourth-order valence-electron chi connectivity index (χ4n) is 1.89. The molecule has 0 aliphatic carbocycles. The van der Waals surface area contributed by atoms with E-state index < -0.39 is 12.0 Å². The van der Waals surface area contributed by atoms with Gasteiger partial charge in [-0.15, -0.1) is 12.4 Å². The van der Waals surface area contributed by atoms with Crippen LogP contribution in [0.25, 0.3) is 0 Å². The molecule has 25 heavy (non-hydrogen) atoms. The summed E-state index contributed by atoms with van der Waals surface area (Å²) in [6, 6.07) is 6.34. The molecular formula is C15H12ClI4NO4. The second-order valence-electron chi connectivity index (χ2n) is 4.88. The van der Waals surface area contributed by atoms with Crippen LogP contribution in [0.1, 0.15) is 5.56 Å². The maximum atomic E-state index is 10.9. The lowest BCUT2D eigenvalue weighted by Crippen LogP contribution is -2.32. The summed E-state index contributed by atoms with van der Waals surface area (Å²) in [6.45, 7) is 0. The number of phenolic OH excluding ortho intramolecular Hbond substituents is 1. The number of nitrogens with two attached hydrogens (primary N) is 1. The zero-order valence-electron chi connectivity index (χ0n) is 12.3. The van der Waals surface area contributed by atoms with Gasteiger partial charge in [-0.2, -0.15) is 0 Å². The number of carboxylic acid groups (broad SMARTS) is 1. The molecule has 0 heterocycles. The third-order valence-corrected chi connectivity index (χ3v) is 6.29. The van der Waals surface area contributed by atoms with Crippen LogP contribution in [-0.2, 0) is 11.2 Å². The Morgan fingerprint density at radius 2 is 1.52 bits per heavy atom. The maximum Gasteiger partial charge on any atom is 0.320 e. The first kappa shape index (κ1) is 23.7. The first-order valence-electron chi connectivity index (χ1n) is 6.51. The summed E-state index contributed by atoms with van der Waals surface area (Å²) in [4.78, 5) is 10.9. The summed E-state index contributed by atoms with van der Waals surface area (Å²) in [6.07, 6.45) is 0.261. The highest BCUT2D eigenvalue weighted by Crippen LogP contribution is 2.36. The number of hydrogen-bond acceptors (Lipinski definition) is 4. The molecule has 0 spiro atoms. The highest BCUT2D eigenvalue weighted by atomic mass is 127. The summed E-state index contributed by atoms with van der Waals surface area (Å²) >= 11 is 8.42. The Hall–Kier alpha value is 0.680. The van der Waals surface area contributed by atoms with E-state index in [4.69, 9.17) is 15.6 Å². The number of ether oxygens (including phenoxy) is 1. The minimum absolute atomic E-state index is 0. The van der Waals surface area contributed by atoms with E-state index in [0.717, 1.165) is 12.7 Å². The molecule has 0 saturated carbocycles. The summed E-state index contributed by atoms with van der Waals surface area (Å²) in [5, 5.41) is 18.8. The number of rotatable bonds is 5. The van der Waals surface area contributed by atoms with Crippen molar-refractivity contribution in [3.05, 3.63) is 44.1 Å². The molecule has 2 rings (SSSR count). The molecule has 0 fully saturated rings. The van der Waals surface area contributed by atoms with Gasteiger partial charge in [0.15, 0.2) is 5.75 Å². The smallest absolute Gasteiger partial charge is 0.320 e. The first-order chi connectivity index (χ1) is 11.2. The van der Waals surface area contributed by atoms with Gasteiger partial charge in [-0.25, -0.2) is 0 Å². The van der Waals surface area contributed by atoms with E-state index in [1.54, 1.807) is 12.1 Å². The molecule has 0 aliphatic heterocycles. The van der Waals surface area contributed by atoms with Crippen LogP contribution in [0.3, 0.4) is 0 Å². The Labute approximate surface area is 205 Å². The summed E-state index contributed by atoms with van der Waals surface area (Å²) < 4.78 is 9.14. The Morgan fingerprint density at radius 3 is 1.96 bits per heavy atom. The van der Waals surface area contributed by atoms with Crippen molar-refractivity contribution in [2.24, 2.45) is 5.73 Å². The number of aromatic hydroxyl groups is 1. The van der Waals surface area contributed by atoms with Crippen molar-refractivity contribution in [3.63, 3.8) is 0 Å². The minimum Gasteiger partial charge on any atom is -0.506 e. The van der Waals surface area contributed by atoms with Gasteiger partial charge in [0, 0.05) is 0 Å². The van der Waals surface area contributed by atoms with E-state index in [2.05, 4.69) is 90.4 Å². The molecule has 10 heteroatoms. The molecule has 0 aliphatic rings. The van der Waals surface area contributed by atoms with Crippen LogP contribution in [0.15, 0.2) is 24.3 Å². The van der Waals surface area contributed by atoms with Gasteiger partial charge in [0.05, 0.1) is 14.3 Å². The highest BCUT2D eigenvalue weighted by Gasteiger charge is 2.16. The van der Waals surface area contributed by atoms with Crippen molar-refractivity contribution >= 4 is 109 Å². The highest BCUT2D eigenvalue weighted by molar-refractivity contribution is 14.1. The quantitative estimate of drug-likeness (QED) is 0.371. The molecular weight excluding hydrogens is 801 g/mol. The number of carboxylic acids is 1.